The van der Waals surface area contributed by atoms with Gasteiger partial charge in [-0.15, -0.1) is 16.8 Å². The number of hydrogen-bond donors (Lipinski definition) is 0. The summed E-state index contributed by atoms with van der Waals surface area (Å²) in [7, 11) is 0. The maximum absolute atomic E-state index is 6.05. The van der Waals surface area contributed by atoms with Gasteiger partial charge >= 0.3 is 0 Å². The normalized spacial score (nSPS) is 11.2. The molecule has 0 N–H and O–H groups in total. The number of fused-ring (bicyclic) bond motifs is 1. The van der Waals surface area contributed by atoms with Crippen LogP contribution in [0.15, 0.2) is 90.7 Å². The van der Waals surface area contributed by atoms with Gasteiger partial charge in [-0.2, -0.15) is 0 Å². The van der Waals surface area contributed by atoms with Gasteiger partial charge in [0.15, 0.2) is 11.0 Å². The van der Waals surface area contributed by atoms with Gasteiger partial charge in [-0.25, -0.2) is 0 Å². The second-order valence-electron chi connectivity index (χ2n) is 6.54. The van der Waals surface area contributed by atoms with Crippen molar-refractivity contribution >= 4 is 28.7 Å². The van der Waals surface area contributed by atoms with Crippen molar-refractivity contribution in [2.24, 2.45) is 0 Å². The number of nitrogens with zero attached hydrogens (tertiary/aromatic N) is 4. The molecule has 5 nitrogen and oxygen atoms in total. The highest BCUT2D eigenvalue weighted by atomic mass is 32.2. The van der Waals surface area contributed by atoms with Crippen LogP contribution in [0.3, 0.4) is 0 Å². The number of ether oxygens (including phenoxy) is 1. The molecule has 30 heavy (non-hydrogen) atoms. The predicted octanol–water partition coefficient (Wildman–Crippen LogP) is 5.40. The first-order chi connectivity index (χ1) is 14.8. The lowest BCUT2D eigenvalue weighted by Gasteiger charge is -2.10. The number of thioether (sulfide) groups is 1. The Morgan fingerprint density at radius 1 is 1.00 bits per heavy atom. The third-order valence-corrected chi connectivity index (χ3v) is 5.40. The molecule has 2 heterocycles. The minimum atomic E-state index is 0.316. The zero-order chi connectivity index (χ0) is 20.6. The van der Waals surface area contributed by atoms with Crippen LogP contribution in [-0.4, -0.2) is 25.5 Å². The average Bonchev–Trinajstić information content (AvgIpc) is 3.17. The van der Waals surface area contributed by atoms with E-state index >= 15 is 0 Å². The van der Waals surface area contributed by atoms with E-state index in [0.717, 1.165) is 33.4 Å². The van der Waals surface area contributed by atoms with Crippen LogP contribution in [0.1, 0.15) is 11.4 Å². The number of hydrogen-bond acceptors (Lipinski definition) is 5. The van der Waals surface area contributed by atoms with Crippen molar-refractivity contribution in [1.82, 2.24) is 19.7 Å². The molecule has 6 heteroatoms. The standard InChI is InChI=1S/C24H22N4OS/c1-2-16-28-22(18-29-21-14-6-12-20-13-7-15-25-23(20)21)26-27-24(28)30-17-8-11-19-9-4-3-5-10-19/h2-15H,1,16-18H2. The third-order valence-electron chi connectivity index (χ3n) is 4.48. The molecule has 0 radical (unpaired) electrons. The predicted molar refractivity (Wildman–Crippen MR) is 122 cm³/mol. The second kappa shape index (κ2) is 9.89. The van der Waals surface area contributed by atoms with Gasteiger partial charge < -0.3 is 4.74 Å². The number of rotatable bonds is 9. The Hall–Kier alpha value is -3.38. The zero-order valence-corrected chi connectivity index (χ0v) is 17.3. The molecule has 4 aromatic rings. The molecule has 4 rings (SSSR count). The summed E-state index contributed by atoms with van der Waals surface area (Å²) in [5.74, 6) is 2.30. The van der Waals surface area contributed by atoms with Crippen LogP contribution in [0.25, 0.3) is 17.0 Å². The SMILES string of the molecule is C=CCn1c(COc2cccc3cccnc23)nnc1SCC=Cc1ccccc1. The maximum atomic E-state index is 6.05. The topological polar surface area (TPSA) is 52.8 Å². The molecule has 0 saturated heterocycles. The lowest BCUT2D eigenvalue weighted by molar-refractivity contribution is 0.292. The van der Waals surface area contributed by atoms with Gasteiger partial charge in [0.05, 0.1) is 0 Å². The van der Waals surface area contributed by atoms with E-state index in [0.29, 0.717) is 13.2 Å². The fraction of sp³-hybridized carbons (Fsp3) is 0.125. The molecule has 0 amide bonds. The Balaban J connectivity index is 1.44. The Morgan fingerprint density at radius 3 is 2.73 bits per heavy atom. The quantitative estimate of drug-likeness (QED) is 0.271. The molecule has 2 aromatic carbocycles. The van der Waals surface area contributed by atoms with Crippen LogP contribution >= 0.6 is 11.8 Å². The smallest absolute Gasteiger partial charge is 0.191 e. The van der Waals surface area contributed by atoms with E-state index in [1.54, 1.807) is 18.0 Å². The minimum absolute atomic E-state index is 0.316. The maximum Gasteiger partial charge on any atom is 0.191 e. The molecule has 0 aliphatic rings. The molecule has 0 bridgehead atoms. The lowest BCUT2D eigenvalue weighted by atomic mass is 10.2. The van der Waals surface area contributed by atoms with Crippen molar-refractivity contribution in [2.45, 2.75) is 18.3 Å². The number of allylic oxidation sites excluding steroid dienone is 1. The van der Waals surface area contributed by atoms with E-state index in [4.69, 9.17) is 4.74 Å². The summed E-state index contributed by atoms with van der Waals surface area (Å²) in [6, 6.07) is 20.1. The summed E-state index contributed by atoms with van der Waals surface area (Å²) >= 11 is 1.64. The first-order valence-corrected chi connectivity index (χ1v) is 10.7. The average molecular weight is 415 g/mol. The van der Waals surface area contributed by atoms with Crippen molar-refractivity contribution < 1.29 is 4.74 Å². The van der Waals surface area contributed by atoms with Gasteiger partial charge in [0.25, 0.3) is 0 Å². The van der Waals surface area contributed by atoms with E-state index in [2.05, 4.69) is 46.0 Å². The highest BCUT2D eigenvalue weighted by Gasteiger charge is 2.13. The van der Waals surface area contributed by atoms with Gasteiger partial charge in [0.1, 0.15) is 17.9 Å². The number of benzene rings is 2. The van der Waals surface area contributed by atoms with Crippen LogP contribution in [-0.2, 0) is 13.2 Å². The molecule has 0 fully saturated rings. The molecule has 0 atom stereocenters. The number of para-hydroxylation sites is 1. The Morgan fingerprint density at radius 2 is 1.87 bits per heavy atom. The summed E-state index contributed by atoms with van der Waals surface area (Å²) in [4.78, 5) is 4.44. The summed E-state index contributed by atoms with van der Waals surface area (Å²) in [5, 5.41) is 10.6. The zero-order valence-electron chi connectivity index (χ0n) is 16.5. The minimum Gasteiger partial charge on any atom is -0.483 e. The molecule has 0 aliphatic carbocycles. The van der Waals surface area contributed by atoms with Gasteiger partial charge in [-0.1, -0.05) is 78.5 Å². The molecular formula is C24H22N4OS. The van der Waals surface area contributed by atoms with Crippen molar-refractivity contribution in [1.29, 1.82) is 0 Å². The van der Waals surface area contributed by atoms with Crippen molar-refractivity contribution in [3.05, 3.63) is 97.0 Å². The van der Waals surface area contributed by atoms with E-state index in [9.17, 15) is 0 Å². The van der Waals surface area contributed by atoms with Crippen LogP contribution < -0.4 is 4.74 Å². The van der Waals surface area contributed by atoms with E-state index in [-0.39, 0.29) is 0 Å². The highest BCUT2D eigenvalue weighted by Crippen LogP contribution is 2.24. The molecule has 0 spiro atoms. The fourth-order valence-electron chi connectivity index (χ4n) is 3.05. The number of aromatic nitrogens is 4. The van der Waals surface area contributed by atoms with Crippen molar-refractivity contribution in [3.8, 4) is 5.75 Å². The largest absolute Gasteiger partial charge is 0.483 e. The van der Waals surface area contributed by atoms with Crippen LogP contribution in [0.2, 0.25) is 0 Å². The first-order valence-electron chi connectivity index (χ1n) is 9.69. The van der Waals surface area contributed by atoms with Gasteiger partial charge in [0, 0.05) is 23.9 Å². The van der Waals surface area contributed by atoms with Gasteiger partial charge in [-0.3, -0.25) is 9.55 Å². The van der Waals surface area contributed by atoms with Crippen molar-refractivity contribution in [3.63, 3.8) is 0 Å². The number of pyridine rings is 1. The van der Waals surface area contributed by atoms with Crippen LogP contribution in [0.5, 0.6) is 5.75 Å². The van der Waals surface area contributed by atoms with Crippen LogP contribution in [0, 0.1) is 0 Å². The van der Waals surface area contributed by atoms with Crippen LogP contribution in [0.4, 0.5) is 0 Å². The monoisotopic (exact) mass is 414 g/mol. The fourth-order valence-corrected chi connectivity index (χ4v) is 3.83. The lowest BCUT2D eigenvalue weighted by Crippen LogP contribution is -2.07. The summed E-state index contributed by atoms with van der Waals surface area (Å²) < 4.78 is 8.08. The Labute approximate surface area is 180 Å². The van der Waals surface area contributed by atoms with E-state index < -0.39 is 0 Å². The second-order valence-corrected chi connectivity index (χ2v) is 7.53. The van der Waals surface area contributed by atoms with E-state index in [1.165, 1.54) is 5.56 Å². The molecule has 0 saturated carbocycles. The highest BCUT2D eigenvalue weighted by molar-refractivity contribution is 7.99. The summed E-state index contributed by atoms with van der Waals surface area (Å²) in [6.45, 7) is 4.81. The summed E-state index contributed by atoms with van der Waals surface area (Å²) in [5.41, 5.74) is 2.03. The van der Waals surface area contributed by atoms with Gasteiger partial charge in [0.2, 0.25) is 0 Å². The third kappa shape index (κ3) is 4.78. The first kappa shape index (κ1) is 19.9. The van der Waals surface area contributed by atoms with Crippen molar-refractivity contribution in [2.75, 3.05) is 5.75 Å². The Kier molecular flexibility index (Phi) is 6.57. The Bertz CT molecular complexity index is 1150. The van der Waals surface area contributed by atoms with E-state index in [1.807, 2.05) is 59.2 Å². The summed E-state index contributed by atoms with van der Waals surface area (Å²) in [6.07, 6.45) is 7.85. The molecule has 2 aromatic heterocycles. The molecule has 0 aliphatic heterocycles. The molecule has 0 unspecified atom stereocenters. The molecule has 150 valence electrons. The molecular weight excluding hydrogens is 392 g/mol. The van der Waals surface area contributed by atoms with Gasteiger partial charge in [-0.05, 0) is 17.7 Å².